The highest BCUT2D eigenvalue weighted by Gasteiger charge is 2.31. The Morgan fingerprint density at radius 1 is 1.26 bits per heavy atom. The summed E-state index contributed by atoms with van der Waals surface area (Å²) in [5.41, 5.74) is 1.69. The lowest BCUT2D eigenvalue weighted by Crippen LogP contribution is -2.26. The molecule has 1 aliphatic rings. The predicted octanol–water partition coefficient (Wildman–Crippen LogP) is 3.51. The monoisotopic (exact) mass is 290 g/mol. The van der Waals surface area contributed by atoms with Crippen molar-refractivity contribution >= 4 is 23.5 Å². The summed E-state index contributed by atoms with van der Waals surface area (Å²) < 4.78 is 39.9. The molecule has 0 radical (unpaired) electrons. The number of hydrogen-bond donors (Lipinski definition) is 1. The molecule has 1 atom stereocenters. The quantitative estimate of drug-likeness (QED) is 0.668. The van der Waals surface area contributed by atoms with Crippen LogP contribution in [0.2, 0.25) is 0 Å². The van der Waals surface area contributed by atoms with Gasteiger partial charge in [-0.3, -0.25) is 4.99 Å². The third kappa shape index (κ3) is 3.64. The SMILES string of the molecule is CC1=C(c2ccc(OC(F)(F)F)cc2)N=CC(Cl)N1. The highest BCUT2D eigenvalue weighted by molar-refractivity contribution is 6.28. The van der Waals surface area contributed by atoms with Gasteiger partial charge in [0.2, 0.25) is 0 Å². The van der Waals surface area contributed by atoms with Crippen LogP contribution in [0.1, 0.15) is 12.5 Å². The summed E-state index contributed by atoms with van der Waals surface area (Å²) in [5, 5.41) is 2.97. The first-order valence-corrected chi connectivity index (χ1v) is 5.81. The molecule has 1 aromatic rings. The predicted molar refractivity (Wildman–Crippen MR) is 67.0 cm³/mol. The van der Waals surface area contributed by atoms with E-state index in [-0.39, 0.29) is 11.3 Å². The lowest BCUT2D eigenvalue weighted by atomic mass is 10.1. The van der Waals surface area contributed by atoms with Crippen molar-refractivity contribution in [3.63, 3.8) is 0 Å². The van der Waals surface area contributed by atoms with Gasteiger partial charge in [0.25, 0.3) is 0 Å². The number of alkyl halides is 4. The van der Waals surface area contributed by atoms with Crippen molar-refractivity contribution in [2.24, 2.45) is 4.99 Å². The van der Waals surface area contributed by atoms with E-state index in [9.17, 15) is 13.2 Å². The molecule has 102 valence electrons. The molecule has 0 fully saturated rings. The lowest BCUT2D eigenvalue weighted by molar-refractivity contribution is -0.274. The van der Waals surface area contributed by atoms with Gasteiger partial charge in [-0.25, -0.2) is 0 Å². The average Bonchev–Trinajstić information content (AvgIpc) is 2.28. The van der Waals surface area contributed by atoms with Crippen LogP contribution in [-0.2, 0) is 0 Å². The van der Waals surface area contributed by atoms with Gasteiger partial charge in [0.05, 0.1) is 5.70 Å². The first-order chi connectivity index (χ1) is 8.85. The van der Waals surface area contributed by atoms with Gasteiger partial charge in [0.15, 0.2) is 0 Å². The van der Waals surface area contributed by atoms with Crippen molar-refractivity contribution in [2.45, 2.75) is 18.8 Å². The number of aliphatic imine (C=N–C) groups is 1. The van der Waals surface area contributed by atoms with Crippen LogP contribution in [0.3, 0.4) is 0 Å². The molecule has 0 saturated heterocycles. The zero-order chi connectivity index (χ0) is 14.0. The van der Waals surface area contributed by atoms with Crippen molar-refractivity contribution in [3.8, 4) is 5.75 Å². The van der Waals surface area contributed by atoms with Gasteiger partial charge in [0.1, 0.15) is 11.3 Å². The second kappa shape index (κ2) is 5.13. The third-order valence-electron chi connectivity index (χ3n) is 2.41. The fraction of sp³-hybridized carbons (Fsp3) is 0.250. The van der Waals surface area contributed by atoms with Crippen LogP contribution in [0.5, 0.6) is 5.75 Å². The zero-order valence-electron chi connectivity index (χ0n) is 9.83. The lowest BCUT2D eigenvalue weighted by Gasteiger charge is -2.18. The average molecular weight is 291 g/mol. The molecule has 0 aliphatic carbocycles. The summed E-state index contributed by atoms with van der Waals surface area (Å²) in [6.45, 7) is 1.79. The van der Waals surface area contributed by atoms with Gasteiger partial charge in [-0.15, -0.1) is 13.2 Å². The minimum absolute atomic E-state index is 0.266. The maximum absolute atomic E-state index is 12.0. The standard InChI is InChI=1S/C12H10ClF3N2O/c1-7-11(17-6-10(13)18-7)8-2-4-9(5-3-8)19-12(14,15)16/h2-6,10,18H,1H3. The molecular formula is C12H10ClF3N2O. The van der Waals surface area contributed by atoms with Crippen LogP contribution in [0.15, 0.2) is 35.0 Å². The number of nitrogens with zero attached hydrogens (tertiary/aromatic N) is 1. The Morgan fingerprint density at radius 3 is 2.42 bits per heavy atom. The van der Waals surface area contributed by atoms with Crippen molar-refractivity contribution in [3.05, 3.63) is 35.5 Å². The van der Waals surface area contributed by atoms with E-state index < -0.39 is 6.36 Å². The van der Waals surface area contributed by atoms with Gasteiger partial charge >= 0.3 is 6.36 Å². The van der Waals surface area contributed by atoms with E-state index in [1.807, 2.05) is 0 Å². The smallest absolute Gasteiger partial charge is 0.406 e. The Morgan fingerprint density at radius 2 is 1.89 bits per heavy atom. The summed E-state index contributed by atoms with van der Waals surface area (Å²) >= 11 is 5.82. The second-order valence-corrected chi connectivity index (χ2v) is 4.34. The summed E-state index contributed by atoms with van der Waals surface area (Å²) in [7, 11) is 0. The van der Waals surface area contributed by atoms with Crippen molar-refractivity contribution < 1.29 is 17.9 Å². The van der Waals surface area contributed by atoms with Crippen molar-refractivity contribution in [1.29, 1.82) is 0 Å². The first-order valence-electron chi connectivity index (χ1n) is 5.37. The van der Waals surface area contributed by atoms with E-state index >= 15 is 0 Å². The van der Waals surface area contributed by atoms with E-state index in [4.69, 9.17) is 11.6 Å². The maximum Gasteiger partial charge on any atom is 0.573 e. The van der Waals surface area contributed by atoms with Crippen LogP contribution in [0.4, 0.5) is 13.2 Å². The first kappa shape index (κ1) is 13.7. The minimum atomic E-state index is -4.69. The Labute approximate surface area is 112 Å². The molecule has 0 aromatic heterocycles. The zero-order valence-corrected chi connectivity index (χ0v) is 10.6. The molecule has 0 saturated carbocycles. The Bertz CT molecular complexity index is 523. The second-order valence-electron chi connectivity index (χ2n) is 3.87. The molecule has 7 heteroatoms. The van der Waals surface area contributed by atoms with Gasteiger partial charge in [-0.05, 0) is 31.2 Å². The molecule has 0 amide bonds. The van der Waals surface area contributed by atoms with Crippen LogP contribution in [0.25, 0.3) is 5.70 Å². The topological polar surface area (TPSA) is 33.6 Å². The van der Waals surface area contributed by atoms with Gasteiger partial charge < -0.3 is 10.1 Å². The molecule has 1 aliphatic heterocycles. The minimum Gasteiger partial charge on any atom is -0.406 e. The molecule has 1 unspecified atom stereocenters. The number of ether oxygens (including phenoxy) is 1. The number of rotatable bonds is 2. The highest BCUT2D eigenvalue weighted by Crippen LogP contribution is 2.27. The molecule has 3 nitrogen and oxygen atoms in total. The Kier molecular flexibility index (Phi) is 3.71. The molecule has 1 N–H and O–H groups in total. The van der Waals surface area contributed by atoms with Gasteiger partial charge in [0, 0.05) is 17.5 Å². The molecule has 2 rings (SSSR count). The summed E-state index contributed by atoms with van der Waals surface area (Å²) in [6, 6.07) is 5.50. The summed E-state index contributed by atoms with van der Waals surface area (Å²) in [5.74, 6) is -0.266. The summed E-state index contributed by atoms with van der Waals surface area (Å²) in [4.78, 5) is 4.16. The van der Waals surface area contributed by atoms with E-state index in [1.165, 1.54) is 30.5 Å². The fourth-order valence-corrected chi connectivity index (χ4v) is 1.87. The van der Waals surface area contributed by atoms with E-state index in [0.717, 1.165) is 5.70 Å². The maximum atomic E-state index is 12.0. The number of hydrogen-bond acceptors (Lipinski definition) is 3. The van der Waals surface area contributed by atoms with E-state index in [2.05, 4.69) is 15.0 Å². The van der Waals surface area contributed by atoms with Crippen LogP contribution in [0, 0.1) is 0 Å². The van der Waals surface area contributed by atoms with Crippen LogP contribution in [-0.4, -0.2) is 18.1 Å². The number of halogens is 4. The van der Waals surface area contributed by atoms with E-state index in [1.54, 1.807) is 6.92 Å². The van der Waals surface area contributed by atoms with E-state index in [0.29, 0.717) is 11.3 Å². The largest absolute Gasteiger partial charge is 0.573 e. The van der Waals surface area contributed by atoms with Gasteiger partial charge in [-0.1, -0.05) is 11.6 Å². The molecule has 1 aromatic carbocycles. The van der Waals surface area contributed by atoms with Crippen molar-refractivity contribution in [1.82, 2.24) is 5.32 Å². The van der Waals surface area contributed by atoms with Crippen molar-refractivity contribution in [2.75, 3.05) is 0 Å². The Balaban J connectivity index is 2.20. The third-order valence-corrected chi connectivity index (χ3v) is 2.63. The van der Waals surface area contributed by atoms with Crippen LogP contribution >= 0.6 is 11.6 Å². The number of benzene rings is 1. The molecule has 0 bridgehead atoms. The van der Waals surface area contributed by atoms with Crippen LogP contribution < -0.4 is 10.1 Å². The number of allylic oxidation sites excluding steroid dienone is 1. The molecule has 0 spiro atoms. The molecule has 19 heavy (non-hydrogen) atoms. The summed E-state index contributed by atoms with van der Waals surface area (Å²) in [6.07, 6.45) is -3.17. The highest BCUT2D eigenvalue weighted by atomic mass is 35.5. The van der Waals surface area contributed by atoms with Gasteiger partial charge in [-0.2, -0.15) is 0 Å². The fourth-order valence-electron chi connectivity index (χ4n) is 1.65. The Hall–Kier alpha value is -1.69. The molecular weight excluding hydrogens is 281 g/mol. The normalized spacial score (nSPS) is 19.3. The molecule has 1 heterocycles. The number of nitrogens with one attached hydrogen (secondary N) is 1.